The van der Waals surface area contributed by atoms with Crippen LogP contribution >= 0.6 is 12.4 Å². The molecule has 23 heavy (non-hydrogen) atoms. The highest BCUT2D eigenvalue weighted by molar-refractivity contribution is 5.85. The van der Waals surface area contributed by atoms with Gasteiger partial charge < -0.3 is 15.4 Å². The van der Waals surface area contributed by atoms with Gasteiger partial charge in [0.2, 0.25) is 0 Å². The number of likely N-dealkylation sites (N-methyl/N-ethyl adjacent to an activating group) is 1. The highest BCUT2D eigenvalue weighted by atomic mass is 35.5. The Morgan fingerprint density at radius 1 is 1.00 bits per heavy atom. The van der Waals surface area contributed by atoms with E-state index in [2.05, 4.69) is 22.8 Å². The highest BCUT2D eigenvalue weighted by Crippen LogP contribution is 2.22. The molecule has 1 amide bonds. The topological polar surface area (TPSA) is 50.4 Å². The van der Waals surface area contributed by atoms with Crippen molar-refractivity contribution in [2.75, 3.05) is 20.1 Å². The van der Waals surface area contributed by atoms with E-state index in [0.717, 1.165) is 17.7 Å². The van der Waals surface area contributed by atoms with Gasteiger partial charge in [0.25, 0.3) is 5.91 Å². The fourth-order valence-corrected chi connectivity index (χ4v) is 2.07. The zero-order chi connectivity index (χ0) is 15.8. The van der Waals surface area contributed by atoms with Crippen LogP contribution in [0.4, 0.5) is 0 Å². The van der Waals surface area contributed by atoms with Crippen LogP contribution in [-0.4, -0.2) is 32.1 Å². The standard InChI is InChI=1S/C18H22N2O2.ClH/c1-14(18(21)20-13-12-19-2)22-17-10-8-16(9-11-17)15-6-4-3-5-7-15;/h3-11,14,19H,12-13H2,1-2H3,(H,20,21);1H. The average Bonchev–Trinajstić information content (AvgIpc) is 2.56. The van der Waals surface area contributed by atoms with Crippen molar-refractivity contribution < 1.29 is 9.53 Å². The lowest BCUT2D eigenvalue weighted by Crippen LogP contribution is -2.39. The quantitative estimate of drug-likeness (QED) is 0.765. The maximum Gasteiger partial charge on any atom is 0.260 e. The average molecular weight is 335 g/mol. The fraction of sp³-hybridized carbons (Fsp3) is 0.278. The van der Waals surface area contributed by atoms with E-state index in [1.165, 1.54) is 0 Å². The molecule has 2 aromatic carbocycles. The molecule has 0 spiro atoms. The SMILES string of the molecule is CNCCNC(=O)C(C)Oc1ccc(-c2ccccc2)cc1.Cl. The maximum absolute atomic E-state index is 11.8. The van der Waals surface area contributed by atoms with Crippen molar-refractivity contribution in [1.82, 2.24) is 10.6 Å². The summed E-state index contributed by atoms with van der Waals surface area (Å²) in [7, 11) is 1.85. The van der Waals surface area contributed by atoms with Crippen LogP contribution in [0.1, 0.15) is 6.92 Å². The van der Waals surface area contributed by atoms with Crippen LogP contribution in [0.2, 0.25) is 0 Å². The molecule has 0 aliphatic heterocycles. The summed E-state index contributed by atoms with van der Waals surface area (Å²) < 4.78 is 5.67. The Balaban J connectivity index is 0.00000264. The minimum absolute atomic E-state index is 0. The van der Waals surface area contributed by atoms with Gasteiger partial charge in [0.05, 0.1) is 0 Å². The van der Waals surface area contributed by atoms with E-state index in [0.29, 0.717) is 12.3 Å². The molecule has 2 N–H and O–H groups in total. The molecule has 0 aromatic heterocycles. The van der Waals surface area contributed by atoms with Crippen LogP contribution in [-0.2, 0) is 4.79 Å². The predicted molar refractivity (Wildman–Crippen MR) is 96.2 cm³/mol. The number of nitrogens with one attached hydrogen (secondary N) is 2. The number of carbonyl (C=O) groups is 1. The summed E-state index contributed by atoms with van der Waals surface area (Å²) in [6.45, 7) is 3.08. The lowest BCUT2D eigenvalue weighted by Gasteiger charge is -2.15. The molecule has 0 aliphatic rings. The van der Waals surface area contributed by atoms with Crippen molar-refractivity contribution in [3.63, 3.8) is 0 Å². The minimum atomic E-state index is -0.514. The Labute approximate surface area is 143 Å². The number of hydrogen-bond donors (Lipinski definition) is 2. The third kappa shape index (κ3) is 5.93. The second-order valence-electron chi connectivity index (χ2n) is 5.05. The smallest absolute Gasteiger partial charge is 0.260 e. The summed E-state index contributed by atoms with van der Waals surface area (Å²) in [4.78, 5) is 11.8. The summed E-state index contributed by atoms with van der Waals surface area (Å²) >= 11 is 0. The number of ether oxygens (including phenoxy) is 1. The van der Waals surface area contributed by atoms with E-state index in [9.17, 15) is 4.79 Å². The summed E-state index contributed by atoms with van der Waals surface area (Å²) in [5.74, 6) is 0.582. The number of halogens is 1. The second kappa shape index (κ2) is 9.87. The van der Waals surface area contributed by atoms with Crippen LogP contribution in [0.5, 0.6) is 5.75 Å². The molecule has 124 valence electrons. The lowest BCUT2D eigenvalue weighted by molar-refractivity contribution is -0.127. The largest absolute Gasteiger partial charge is 0.481 e. The molecule has 1 atom stereocenters. The van der Waals surface area contributed by atoms with E-state index < -0.39 is 6.10 Å². The van der Waals surface area contributed by atoms with Gasteiger partial charge in [-0.1, -0.05) is 42.5 Å². The first-order chi connectivity index (χ1) is 10.7. The Kier molecular flexibility index (Phi) is 8.16. The molecule has 0 heterocycles. The van der Waals surface area contributed by atoms with Crippen LogP contribution < -0.4 is 15.4 Å². The van der Waals surface area contributed by atoms with Crippen molar-refractivity contribution in [3.8, 4) is 16.9 Å². The molecule has 2 rings (SSSR count). The summed E-state index contributed by atoms with van der Waals surface area (Å²) in [5.41, 5.74) is 2.28. The van der Waals surface area contributed by atoms with E-state index in [1.807, 2.05) is 49.5 Å². The zero-order valence-corrected chi connectivity index (χ0v) is 14.2. The Morgan fingerprint density at radius 3 is 2.22 bits per heavy atom. The van der Waals surface area contributed by atoms with Gasteiger partial charge in [-0.25, -0.2) is 0 Å². The monoisotopic (exact) mass is 334 g/mol. The molecule has 0 aliphatic carbocycles. The normalized spacial score (nSPS) is 11.2. The molecular formula is C18H23ClN2O2. The Morgan fingerprint density at radius 2 is 1.61 bits per heavy atom. The third-order valence-corrected chi connectivity index (χ3v) is 3.32. The number of amides is 1. The first kappa shape index (κ1) is 19.0. The van der Waals surface area contributed by atoms with Crippen LogP contribution in [0.25, 0.3) is 11.1 Å². The first-order valence-corrected chi connectivity index (χ1v) is 7.45. The second-order valence-corrected chi connectivity index (χ2v) is 5.05. The number of hydrogen-bond acceptors (Lipinski definition) is 3. The van der Waals surface area contributed by atoms with E-state index in [-0.39, 0.29) is 18.3 Å². The summed E-state index contributed by atoms with van der Waals surface area (Å²) in [5, 5.41) is 5.79. The maximum atomic E-state index is 11.8. The van der Waals surface area contributed by atoms with Gasteiger partial charge in [0, 0.05) is 13.1 Å². The van der Waals surface area contributed by atoms with Gasteiger partial charge in [0.1, 0.15) is 5.75 Å². The molecule has 2 aromatic rings. The zero-order valence-electron chi connectivity index (χ0n) is 13.4. The molecule has 0 saturated heterocycles. The van der Waals surface area contributed by atoms with Crippen molar-refractivity contribution in [3.05, 3.63) is 54.6 Å². The molecule has 0 radical (unpaired) electrons. The van der Waals surface area contributed by atoms with Gasteiger partial charge in [0.15, 0.2) is 6.10 Å². The van der Waals surface area contributed by atoms with E-state index in [4.69, 9.17) is 4.74 Å². The van der Waals surface area contributed by atoms with Gasteiger partial charge >= 0.3 is 0 Å². The van der Waals surface area contributed by atoms with Crippen molar-refractivity contribution in [2.45, 2.75) is 13.0 Å². The molecule has 0 saturated carbocycles. The van der Waals surface area contributed by atoms with Crippen LogP contribution in [0.3, 0.4) is 0 Å². The van der Waals surface area contributed by atoms with Gasteiger partial charge in [-0.15, -0.1) is 12.4 Å². The predicted octanol–water partition coefficient (Wildman–Crippen LogP) is 2.88. The van der Waals surface area contributed by atoms with Crippen molar-refractivity contribution >= 4 is 18.3 Å². The van der Waals surface area contributed by atoms with Crippen LogP contribution in [0.15, 0.2) is 54.6 Å². The fourth-order valence-electron chi connectivity index (χ4n) is 2.07. The molecular weight excluding hydrogens is 312 g/mol. The number of benzene rings is 2. The number of carbonyl (C=O) groups excluding carboxylic acids is 1. The van der Waals surface area contributed by atoms with Gasteiger partial charge in [-0.3, -0.25) is 4.79 Å². The molecule has 1 unspecified atom stereocenters. The Hall–Kier alpha value is -2.04. The lowest BCUT2D eigenvalue weighted by atomic mass is 10.1. The first-order valence-electron chi connectivity index (χ1n) is 7.45. The van der Waals surface area contributed by atoms with Crippen LogP contribution in [0, 0.1) is 0 Å². The highest BCUT2D eigenvalue weighted by Gasteiger charge is 2.13. The number of rotatable bonds is 7. The Bertz CT molecular complexity index is 588. The molecule has 0 bridgehead atoms. The molecule has 5 heteroatoms. The van der Waals surface area contributed by atoms with E-state index >= 15 is 0 Å². The molecule has 0 fully saturated rings. The van der Waals surface area contributed by atoms with Crippen molar-refractivity contribution in [1.29, 1.82) is 0 Å². The summed E-state index contributed by atoms with van der Waals surface area (Å²) in [6, 6.07) is 17.9. The van der Waals surface area contributed by atoms with Gasteiger partial charge in [-0.2, -0.15) is 0 Å². The third-order valence-electron chi connectivity index (χ3n) is 3.32. The van der Waals surface area contributed by atoms with Gasteiger partial charge in [-0.05, 0) is 37.2 Å². The minimum Gasteiger partial charge on any atom is -0.481 e. The summed E-state index contributed by atoms with van der Waals surface area (Å²) in [6.07, 6.45) is -0.514. The van der Waals surface area contributed by atoms with Crippen molar-refractivity contribution in [2.24, 2.45) is 0 Å². The van der Waals surface area contributed by atoms with E-state index in [1.54, 1.807) is 6.92 Å². The molecule has 4 nitrogen and oxygen atoms in total.